The van der Waals surface area contributed by atoms with Gasteiger partial charge in [-0.15, -0.1) is 11.3 Å². The van der Waals surface area contributed by atoms with Crippen molar-refractivity contribution < 1.29 is 9.59 Å². The van der Waals surface area contributed by atoms with Gasteiger partial charge < -0.3 is 4.90 Å². The van der Waals surface area contributed by atoms with Gasteiger partial charge >= 0.3 is 0 Å². The van der Waals surface area contributed by atoms with Gasteiger partial charge in [-0.2, -0.15) is 0 Å². The lowest BCUT2D eigenvalue weighted by Crippen LogP contribution is -2.50. The quantitative estimate of drug-likeness (QED) is 0.845. The minimum absolute atomic E-state index is 0.156. The van der Waals surface area contributed by atoms with Crippen LogP contribution in [0.1, 0.15) is 57.1 Å². The minimum Gasteiger partial charge on any atom is -0.339 e. The van der Waals surface area contributed by atoms with Crippen LogP contribution >= 0.6 is 11.3 Å². The zero-order chi connectivity index (χ0) is 16.5. The summed E-state index contributed by atoms with van der Waals surface area (Å²) in [4.78, 5) is 33.1. The highest BCUT2D eigenvalue weighted by molar-refractivity contribution is 7.14. The molecule has 0 bridgehead atoms. The van der Waals surface area contributed by atoms with E-state index in [-0.39, 0.29) is 11.8 Å². The van der Waals surface area contributed by atoms with E-state index in [1.54, 1.807) is 4.90 Å². The maximum atomic E-state index is 12.8. The summed E-state index contributed by atoms with van der Waals surface area (Å²) in [6.45, 7) is 1.66. The Hall–Kier alpha value is -1.43. The van der Waals surface area contributed by atoms with Gasteiger partial charge in [0, 0.05) is 30.9 Å². The fourth-order valence-electron chi connectivity index (χ4n) is 4.54. The van der Waals surface area contributed by atoms with Crippen LogP contribution in [-0.4, -0.2) is 40.8 Å². The SMILES string of the molecule is O=C1CCCN1c1nc(CC(=O)N2CCC[C@@H]3CCCC[C@@H]32)cs1. The lowest BCUT2D eigenvalue weighted by Gasteiger charge is -2.44. The number of hydrogen-bond donors (Lipinski definition) is 0. The first kappa shape index (κ1) is 16.1. The molecule has 24 heavy (non-hydrogen) atoms. The van der Waals surface area contributed by atoms with E-state index in [1.165, 1.54) is 43.4 Å². The van der Waals surface area contributed by atoms with Crippen molar-refractivity contribution in [1.82, 2.24) is 9.88 Å². The predicted octanol–water partition coefficient (Wildman–Crippen LogP) is 2.99. The summed E-state index contributed by atoms with van der Waals surface area (Å²) in [7, 11) is 0. The maximum absolute atomic E-state index is 12.8. The lowest BCUT2D eigenvalue weighted by atomic mass is 9.78. The minimum atomic E-state index is 0.156. The van der Waals surface area contributed by atoms with E-state index in [1.807, 2.05) is 5.38 Å². The molecule has 0 spiro atoms. The molecule has 0 radical (unpaired) electrons. The highest BCUT2D eigenvalue weighted by Gasteiger charge is 2.35. The molecule has 4 rings (SSSR count). The van der Waals surface area contributed by atoms with E-state index in [0.717, 1.165) is 36.8 Å². The number of anilines is 1. The van der Waals surface area contributed by atoms with Crippen LogP contribution in [0, 0.1) is 5.92 Å². The highest BCUT2D eigenvalue weighted by atomic mass is 32.1. The first-order valence-corrected chi connectivity index (χ1v) is 10.1. The molecular weight excluding hydrogens is 322 g/mol. The third kappa shape index (κ3) is 3.08. The van der Waals surface area contributed by atoms with Crippen LogP contribution in [0.2, 0.25) is 0 Å². The molecule has 2 aliphatic heterocycles. The largest absolute Gasteiger partial charge is 0.339 e. The van der Waals surface area contributed by atoms with Gasteiger partial charge in [0.2, 0.25) is 11.8 Å². The lowest BCUT2D eigenvalue weighted by molar-refractivity contribution is -0.136. The zero-order valence-corrected chi connectivity index (χ0v) is 14.9. The standard InChI is InChI=1S/C18H25N3O2S/c22-16-8-4-10-21(16)18-19-14(12-24-18)11-17(23)20-9-3-6-13-5-1-2-7-15(13)20/h12-13,15H,1-11H2/t13-,15-/m0/s1. The monoisotopic (exact) mass is 347 g/mol. The molecule has 2 saturated heterocycles. The summed E-state index contributed by atoms with van der Waals surface area (Å²) in [6.07, 6.45) is 9.35. The third-order valence-electron chi connectivity index (χ3n) is 5.74. The summed E-state index contributed by atoms with van der Waals surface area (Å²) in [5.74, 6) is 1.09. The number of hydrogen-bond acceptors (Lipinski definition) is 4. The van der Waals surface area contributed by atoms with Crippen molar-refractivity contribution in [3.05, 3.63) is 11.1 Å². The van der Waals surface area contributed by atoms with Crippen molar-refractivity contribution in [1.29, 1.82) is 0 Å². The Kier molecular flexibility index (Phi) is 4.57. The average molecular weight is 347 g/mol. The fourth-order valence-corrected chi connectivity index (χ4v) is 5.41. The molecule has 3 heterocycles. The van der Waals surface area contributed by atoms with E-state index >= 15 is 0 Å². The summed E-state index contributed by atoms with van der Waals surface area (Å²) in [5, 5.41) is 2.70. The Labute approximate surface area is 147 Å². The van der Waals surface area contributed by atoms with Gasteiger partial charge in [-0.25, -0.2) is 4.98 Å². The van der Waals surface area contributed by atoms with Crippen LogP contribution in [0.4, 0.5) is 5.13 Å². The second-order valence-corrected chi connectivity index (χ2v) is 8.12. The first-order chi connectivity index (χ1) is 11.7. The van der Waals surface area contributed by atoms with E-state index in [9.17, 15) is 9.59 Å². The zero-order valence-electron chi connectivity index (χ0n) is 14.1. The molecule has 1 aromatic heterocycles. The van der Waals surface area contributed by atoms with Crippen molar-refractivity contribution >= 4 is 28.3 Å². The molecule has 3 fully saturated rings. The number of fused-ring (bicyclic) bond motifs is 1. The van der Waals surface area contributed by atoms with Gasteiger partial charge in [-0.1, -0.05) is 12.8 Å². The van der Waals surface area contributed by atoms with Crippen LogP contribution in [0.3, 0.4) is 0 Å². The molecule has 6 heteroatoms. The number of rotatable bonds is 3. The fraction of sp³-hybridized carbons (Fsp3) is 0.722. The molecule has 0 N–H and O–H groups in total. The van der Waals surface area contributed by atoms with Crippen LogP contribution in [0.15, 0.2) is 5.38 Å². The van der Waals surface area contributed by atoms with Gasteiger partial charge in [-0.3, -0.25) is 14.5 Å². The molecule has 3 aliphatic rings. The van der Waals surface area contributed by atoms with Gasteiger partial charge in [-0.05, 0) is 38.0 Å². The summed E-state index contributed by atoms with van der Waals surface area (Å²) in [6, 6.07) is 0.457. The summed E-state index contributed by atoms with van der Waals surface area (Å²) < 4.78 is 0. The smallest absolute Gasteiger partial charge is 0.228 e. The number of piperidine rings is 1. The van der Waals surface area contributed by atoms with Crippen LogP contribution in [-0.2, 0) is 16.0 Å². The Morgan fingerprint density at radius 2 is 2.00 bits per heavy atom. The number of carbonyl (C=O) groups excluding carboxylic acids is 2. The molecule has 1 aromatic rings. The van der Waals surface area contributed by atoms with E-state index in [0.29, 0.717) is 24.8 Å². The van der Waals surface area contributed by atoms with Crippen molar-refractivity contribution in [3.8, 4) is 0 Å². The van der Waals surface area contributed by atoms with Gasteiger partial charge in [0.1, 0.15) is 0 Å². The number of nitrogens with zero attached hydrogens (tertiary/aromatic N) is 3. The summed E-state index contributed by atoms with van der Waals surface area (Å²) in [5.41, 5.74) is 0.817. The number of aromatic nitrogens is 1. The molecule has 5 nitrogen and oxygen atoms in total. The topological polar surface area (TPSA) is 53.5 Å². The Bertz CT molecular complexity index is 628. The van der Waals surface area contributed by atoms with Gasteiger partial charge in [0.25, 0.3) is 0 Å². The molecule has 1 aliphatic carbocycles. The first-order valence-electron chi connectivity index (χ1n) is 9.26. The molecule has 2 atom stereocenters. The van der Waals surface area contributed by atoms with Crippen LogP contribution < -0.4 is 4.90 Å². The molecule has 1 saturated carbocycles. The molecule has 130 valence electrons. The second kappa shape index (κ2) is 6.82. The molecular formula is C18H25N3O2S. The normalized spacial score (nSPS) is 27.4. The third-order valence-corrected chi connectivity index (χ3v) is 6.65. The number of amides is 2. The molecule has 0 unspecified atom stereocenters. The maximum Gasteiger partial charge on any atom is 0.228 e. The Morgan fingerprint density at radius 3 is 2.83 bits per heavy atom. The van der Waals surface area contributed by atoms with Crippen molar-refractivity contribution in [3.63, 3.8) is 0 Å². The second-order valence-electron chi connectivity index (χ2n) is 7.29. The number of thiazole rings is 1. The van der Waals surface area contributed by atoms with E-state index in [4.69, 9.17) is 0 Å². The highest BCUT2D eigenvalue weighted by Crippen LogP contribution is 2.35. The Balaban J connectivity index is 1.42. The predicted molar refractivity (Wildman–Crippen MR) is 94.1 cm³/mol. The van der Waals surface area contributed by atoms with Gasteiger partial charge in [0.05, 0.1) is 12.1 Å². The van der Waals surface area contributed by atoms with Crippen LogP contribution in [0.25, 0.3) is 0 Å². The van der Waals surface area contributed by atoms with Crippen molar-refractivity contribution in [2.75, 3.05) is 18.0 Å². The number of likely N-dealkylation sites (tertiary alicyclic amines) is 1. The van der Waals surface area contributed by atoms with Crippen LogP contribution in [0.5, 0.6) is 0 Å². The van der Waals surface area contributed by atoms with Gasteiger partial charge in [0.15, 0.2) is 5.13 Å². The molecule has 0 aromatic carbocycles. The van der Waals surface area contributed by atoms with E-state index < -0.39 is 0 Å². The number of carbonyl (C=O) groups is 2. The summed E-state index contributed by atoms with van der Waals surface area (Å²) >= 11 is 1.49. The Morgan fingerprint density at radius 1 is 1.17 bits per heavy atom. The van der Waals surface area contributed by atoms with Crippen molar-refractivity contribution in [2.24, 2.45) is 5.92 Å². The molecule has 2 amide bonds. The van der Waals surface area contributed by atoms with E-state index in [2.05, 4.69) is 9.88 Å². The average Bonchev–Trinajstić information content (AvgIpc) is 3.23. The van der Waals surface area contributed by atoms with Crippen molar-refractivity contribution in [2.45, 2.75) is 63.8 Å².